The Morgan fingerprint density at radius 3 is 2.17 bits per heavy atom. The predicted octanol–water partition coefficient (Wildman–Crippen LogP) is 0.898. The van der Waals surface area contributed by atoms with Gasteiger partial charge in [-0.3, -0.25) is 4.79 Å². The van der Waals surface area contributed by atoms with Gasteiger partial charge in [0, 0.05) is 0 Å². The Kier molecular flexibility index (Phi) is 3.51. The molecule has 0 aromatic carbocycles. The zero-order chi connectivity index (χ0) is 9.94. The van der Waals surface area contributed by atoms with Crippen LogP contribution in [0.2, 0.25) is 0 Å². The first-order valence-electron chi connectivity index (χ1n) is 2.62. The second kappa shape index (κ2) is 3.75. The number of rotatable bonds is 3. The number of carbonyl (C=O) groups is 2. The van der Waals surface area contributed by atoms with Gasteiger partial charge in [0.2, 0.25) is 0 Å². The van der Waals surface area contributed by atoms with E-state index in [4.69, 9.17) is 0 Å². The zero-order valence-corrected chi connectivity index (χ0v) is 6.57. The number of ether oxygens (including phenoxy) is 1. The van der Waals surface area contributed by atoms with E-state index in [1.54, 1.807) is 0 Å². The molecule has 12 heavy (non-hydrogen) atoms. The van der Waals surface area contributed by atoms with Crippen LogP contribution in [0.25, 0.3) is 0 Å². The SMILES string of the molecule is COC(=O)C(F)(Cl)C(=O)C(F)F. The molecule has 0 aliphatic carbocycles. The van der Waals surface area contributed by atoms with Gasteiger partial charge in [-0.15, -0.1) is 0 Å². The normalized spacial score (nSPS) is 15.5. The van der Waals surface area contributed by atoms with Gasteiger partial charge >= 0.3 is 17.5 Å². The number of halogens is 4. The van der Waals surface area contributed by atoms with E-state index in [9.17, 15) is 22.8 Å². The maximum Gasteiger partial charge on any atom is 0.367 e. The van der Waals surface area contributed by atoms with Gasteiger partial charge in [0.05, 0.1) is 7.11 Å². The first-order valence-corrected chi connectivity index (χ1v) is 3.00. The van der Waals surface area contributed by atoms with Gasteiger partial charge in [-0.1, -0.05) is 11.6 Å². The molecule has 0 aromatic rings. The largest absolute Gasteiger partial charge is 0.465 e. The van der Waals surface area contributed by atoms with Gasteiger partial charge in [-0.2, -0.15) is 0 Å². The van der Waals surface area contributed by atoms with E-state index >= 15 is 0 Å². The summed E-state index contributed by atoms with van der Waals surface area (Å²) in [6.45, 7) is 0. The highest BCUT2D eigenvalue weighted by Gasteiger charge is 2.50. The minimum absolute atomic E-state index is 0.720. The van der Waals surface area contributed by atoms with Crippen molar-refractivity contribution in [1.82, 2.24) is 0 Å². The van der Waals surface area contributed by atoms with Crippen LogP contribution in [0.1, 0.15) is 0 Å². The standard InChI is InChI=1S/C5H4ClF3O3/c1-12-4(11)5(6,9)2(10)3(7)8/h3H,1H3. The Labute approximate surface area is 70.4 Å². The zero-order valence-electron chi connectivity index (χ0n) is 5.81. The minimum atomic E-state index is -3.79. The van der Waals surface area contributed by atoms with Gasteiger partial charge in [0.1, 0.15) is 0 Å². The summed E-state index contributed by atoms with van der Waals surface area (Å²) >= 11 is 4.56. The molecule has 0 aliphatic rings. The molecule has 0 aliphatic heterocycles. The monoisotopic (exact) mass is 204 g/mol. The fraction of sp³-hybridized carbons (Fsp3) is 0.600. The van der Waals surface area contributed by atoms with Crippen LogP contribution in [-0.2, 0) is 14.3 Å². The van der Waals surface area contributed by atoms with Gasteiger partial charge in [0.25, 0.3) is 5.78 Å². The van der Waals surface area contributed by atoms with Crippen LogP contribution < -0.4 is 0 Å². The van der Waals surface area contributed by atoms with E-state index in [1.807, 2.05) is 0 Å². The van der Waals surface area contributed by atoms with Crippen molar-refractivity contribution in [2.45, 2.75) is 11.6 Å². The predicted molar refractivity (Wildman–Crippen MR) is 32.7 cm³/mol. The third-order valence-electron chi connectivity index (χ3n) is 0.949. The van der Waals surface area contributed by atoms with Gasteiger partial charge in [0.15, 0.2) is 0 Å². The Bertz CT molecular complexity index is 204. The molecule has 0 heterocycles. The smallest absolute Gasteiger partial charge is 0.367 e. The average molecular weight is 205 g/mol. The van der Waals surface area contributed by atoms with Gasteiger partial charge in [-0.25, -0.2) is 18.0 Å². The van der Waals surface area contributed by atoms with Gasteiger partial charge < -0.3 is 4.74 Å². The van der Waals surface area contributed by atoms with E-state index in [1.165, 1.54) is 0 Å². The Balaban J connectivity index is 4.61. The summed E-state index contributed by atoms with van der Waals surface area (Å²) in [6, 6.07) is 0. The molecule has 0 fully saturated rings. The molecule has 0 bridgehead atoms. The van der Waals surface area contributed by atoms with Crippen LogP contribution in [0.15, 0.2) is 0 Å². The minimum Gasteiger partial charge on any atom is -0.465 e. The number of esters is 1. The van der Waals surface area contributed by atoms with E-state index in [0.29, 0.717) is 0 Å². The molecular weight excluding hydrogens is 200 g/mol. The van der Waals surface area contributed by atoms with Crippen LogP contribution in [0, 0.1) is 0 Å². The van der Waals surface area contributed by atoms with Crippen molar-refractivity contribution in [2.75, 3.05) is 7.11 Å². The maximum absolute atomic E-state index is 12.6. The van der Waals surface area contributed by atoms with Crippen LogP contribution in [0.5, 0.6) is 0 Å². The number of carbonyl (C=O) groups excluding carboxylic acids is 2. The van der Waals surface area contributed by atoms with Crippen molar-refractivity contribution in [1.29, 1.82) is 0 Å². The molecule has 7 heteroatoms. The third-order valence-corrected chi connectivity index (χ3v) is 1.29. The second-order valence-corrected chi connectivity index (χ2v) is 2.25. The molecule has 0 rings (SSSR count). The molecule has 0 saturated heterocycles. The maximum atomic E-state index is 12.6. The lowest BCUT2D eigenvalue weighted by molar-refractivity contribution is -0.157. The molecule has 3 nitrogen and oxygen atoms in total. The van der Waals surface area contributed by atoms with E-state index in [0.717, 1.165) is 7.11 Å². The molecule has 0 N–H and O–H groups in total. The second-order valence-electron chi connectivity index (χ2n) is 1.73. The molecule has 0 amide bonds. The molecule has 0 radical (unpaired) electrons. The summed E-state index contributed by atoms with van der Waals surface area (Å²) in [5, 5.41) is -3.79. The van der Waals surface area contributed by atoms with Crippen molar-refractivity contribution in [2.24, 2.45) is 0 Å². The first kappa shape index (κ1) is 11.2. The Hall–Kier alpha value is -0.780. The summed E-state index contributed by atoms with van der Waals surface area (Å²) in [4.78, 5) is 20.5. The fourth-order valence-electron chi connectivity index (χ4n) is 0.366. The Morgan fingerprint density at radius 2 is 1.92 bits per heavy atom. The quantitative estimate of drug-likeness (QED) is 0.390. The summed E-state index contributed by atoms with van der Waals surface area (Å²) < 4.78 is 39.4. The molecule has 0 saturated carbocycles. The van der Waals surface area contributed by atoms with Crippen molar-refractivity contribution in [3.63, 3.8) is 0 Å². The lowest BCUT2D eigenvalue weighted by Gasteiger charge is -2.12. The number of Topliss-reactive ketones (excluding diaryl/α,β-unsaturated/α-hetero) is 1. The van der Waals surface area contributed by atoms with Crippen LogP contribution in [0.3, 0.4) is 0 Å². The summed E-state index contributed by atoms with van der Waals surface area (Å²) in [5.41, 5.74) is 0. The molecular formula is C5H4ClF3O3. The molecule has 1 atom stereocenters. The molecule has 70 valence electrons. The molecule has 0 spiro atoms. The fourth-order valence-corrected chi connectivity index (χ4v) is 0.525. The average Bonchev–Trinajstić information content (AvgIpc) is 2.01. The van der Waals surface area contributed by atoms with Crippen molar-refractivity contribution >= 4 is 23.4 Å². The summed E-state index contributed by atoms with van der Waals surface area (Å²) in [7, 11) is 0.720. The van der Waals surface area contributed by atoms with Crippen LogP contribution in [0.4, 0.5) is 13.2 Å². The highest BCUT2D eigenvalue weighted by atomic mass is 35.5. The lowest BCUT2D eigenvalue weighted by atomic mass is 10.2. The number of hydrogen-bond acceptors (Lipinski definition) is 3. The summed E-state index contributed by atoms with van der Waals surface area (Å²) in [5.74, 6) is -4.18. The van der Waals surface area contributed by atoms with E-state index in [2.05, 4.69) is 16.3 Å². The van der Waals surface area contributed by atoms with Crippen molar-refractivity contribution in [3.05, 3.63) is 0 Å². The van der Waals surface area contributed by atoms with Crippen LogP contribution >= 0.6 is 11.6 Å². The number of hydrogen-bond donors (Lipinski definition) is 0. The first-order chi connectivity index (χ1) is 5.34. The molecule has 0 aromatic heterocycles. The van der Waals surface area contributed by atoms with Gasteiger partial charge in [-0.05, 0) is 0 Å². The highest BCUT2D eigenvalue weighted by molar-refractivity contribution is 6.44. The van der Waals surface area contributed by atoms with E-state index in [-0.39, 0.29) is 0 Å². The van der Waals surface area contributed by atoms with E-state index < -0.39 is 23.3 Å². The number of methoxy groups -OCH3 is 1. The number of ketones is 1. The summed E-state index contributed by atoms with van der Waals surface area (Å²) in [6.07, 6.45) is -3.65. The molecule has 1 unspecified atom stereocenters. The van der Waals surface area contributed by atoms with Crippen molar-refractivity contribution in [3.8, 4) is 0 Å². The third kappa shape index (κ3) is 2.10. The number of alkyl halides is 4. The topological polar surface area (TPSA) is 43.4 Å². The lowest BCUT2D eigenvalue weighted by Crippen LogP contribution is -2.41. The van der Waals surface area contributed by atoms with Crippen molar-refractivity contribution < 1.29 is 27.5 Å². The highest BCUT2D eigenvalue weighted by Crippen LogP contribution is 2.23. The van der Waals surface area contributed by atoms with Crippen LogP contribution in [-0.4, -0.2) is 30.4 Å². The Morgan fingerprint density at radius 1 is 1.50 bits per heavy atom.